The lowest BCUT2D eigenvalue weighted by Crippen LogP contribution is -2.74. The van der Waals surface area contributed by atoms with Crippen molar-refractivity contribution in [2.75, 3.05) is 0 Å². The largest absolute Gasteiger partial charge is 0.309 e. The summed E-state index contributed by atoms with van der Waals surface area (Å²) < 4.78 is 2.49. The molecule has 0 N–H and O–H groups in total. The van der Waals surface area contributed by atoms with Crippen molar-refractivity contribution in [1.29, 1.82) is 0 Å². The van der Waals surface area contributed by atoms with Gasteiger partial charge < -0.3 is 4.57 Å². The van der Waals surface area contributed by atoms with E-state index in [2.05, 4.69) is 269 Å². The quantitative estimate of drug-likeness (QED) is 0.101. The fourth-order valence-corrected chi connectivity index (χ4v) is 21.1. The van der Waals surface area contributed by atoms with Gasteiger partial charge >= 0.3 is 0 Å². The average molecular weight is 870 g/mol. The van der Waals surface area contributed by atoms with Gasteiger partial charge in [-0.3, -0.25) is 0 Å². The molecule has 65 heavy (non-hydrogen) atoms. The molecule has 0 saturated carbocycles. The molecule has 3 heteroatoms. The summed E-state index contributed by atoms with van der Waals surface area (Å²) in [6.45, 7) is 9.77. The van der Waals surface area contributed by atoms with Crippen molar-refractivity contribution in [1.82, 2.24) is 4.57 Å². The Bertz CT molecular complexity index is 3150. The van der Waals surface area contributed by atoms with Crippen LogP contribution in [-0.4, -0.2) is 20.7 Å². The Morgan fingerprint density at radius 3 is 1.14 bits per heavy atom. The van der Waals surface area contributed by atoms with E-state index in [-0.39, 0.29) is 10.8 Å². The first-order valence-electron chi connectivity index (χ1n) is 23.3. The second-order valence-corrected chi connectivity index (χ2v) is 27.1. The van der Waals surface area contributed by atoms with Crippen LogP contribution in [0.15, 0.2) is 237 Å². The highest BCUT2D eigenvalue weighted by Gasteiger charge is 2.45. The molecule has 316 valence electrons. The summed E-state index contributed by atoms with van der Waals surface area (Å²) in [5, 5.41) is 13.7. The lowest BCUT2D eigenvalue weighted by Gasteiger charge is -2.43. The van der Waals surface area contributed by atoms with Gasteiger partial charge in [-0.25, -0.2) is 0 Å². The molecule has 0 fully saturated rings. The Morgan fingerprint density at radius 2 is 0.662 bits per heavy atom. The first-order valence-corrected chi connectivity index (χ1v) is 27.3. The normalized spacial score (nSPS) is 14.6. The maximum atomic E-state index is 2.63. The van der Waals surface area contributed by atoms with Crippen LogP contribution in [-0.2, 0) is 10.8 Å². The van der Waals surface area contributed by atoms with Crippen molar-refractivity contribution in [3.8, 4) is 5.69 Å². The van der Waals surface area contributed by atoms with Crippen molar-refractivity contribution in [3.05, 3.63) is 248 Å². The molecule has 11 rings (SSSR count). The third-order valence-corrected chi connectivity index (χ3v) is 24.5. The van der Waals surface area contributed by atoms with Crippen molar-refractivity contribution in [3.63, 3.8) is 0 Å². The van der Waals surface area contributed by atoms with Gasteiger partial charge in [0.25, 0.3) is 0 Å². The predicted molar refractivity (Wildman–Crippen MR) is 283 cm³/mol. The minimum atomic E-state index is -2.81. The highest BCUT2D eigenvalue weighted by molar-refractivity contribution is 7.20. The Balaban J connectivity index is 1.13. The third kappa shape index (κ3) is 6.55. The summed E-state index contributed by atoms with van der Waals surface area (Å²) in [5.41, 5.74) is 6.86. The lowest BCUT2D eigenvalue weighted by molar-refractivity contribution is 0.332. The summed E-state index contributed by atoms with van der Waals surface area (Å²) in [6.07, 6.45) is 2.39. The van der Waals surface area contributed by atoms with E-state index < -0.39 is 16.1 Å². The van der Waals surface area contributed by atoms with Crippen molar-refractivity contribution >= 4 is 79.4 Å². The van der Waals surface area contributed by atoms with Crippen molar-refractivity contribution in [2.24, 2.45) is 0 Å². The molecule has 1 aliphatic carbocycles. The summed E-state index contributed by atoms with van der Waals surface area (Å²) in [4.78, 5) is 0. The second kappa shape index (κ2) is 16.0. The van der Waals surface area contributed by atoms with E-state index in [4.69, 9.17) is 0 Å². The molecule has 1 aromatic heterocycles. The first-order chi connectivity index (χ1) is 31.7. The van der Waals surface area contributed by atoms with Gasteiger partial charge in [0, 0.05) is 16.5 Å². The molecule has 0 saturated heterocycles. The van der Waals surface area contributed by atoms with Crippen molar-refractivity contribution < 1.29 is 0 Å². The van der Waals surface area contributed by atoms with Gasteiger partial charge in [0.15, 0.2) is 16.1 Å². The van der Waals surface area contributed by atoms with E-state index in [0.717, 1.165) is 0 Å². The van der Waals surface area contributed by atoms with E-state index in [0.29, 0.717) is 0 Å². The number of hydrogen-bond donors (Lipinski definition) is 0. The van der Waals surface area contributed by atoms with Crippen LogP contribution in [0.4, 0.5) is 0 Å². The van der Waals surface area contributed by atoms with Crippen LogP contribution < -0.4 is 41.5 Å². The number of para-hydroxylation sites is 1. The number of hydrogen-bond acceptors (Lipinski definition) is 0. The second-order valence-electron chi connectivity index (χ2n) is 19.5. The predicted octanol–water partition coefficient (Wildman–Crippen LogP) is 9.89. The summed E-state index contributed by atoms with van der Waals surface area (Å²) in [6, 6.07) is 90.2. The number of benzene rings is 9. The van der Waals surface area contributed by atoms with Gasteiger partial charge in [-0.15, -0.1) is 0 Å². The monoisotopic (exact) mass is 869 g/mol. The van der Waals surface area contributed by atoms with E-state index in [1.165, 1.54) is 93.0 Å². The zero-order valence-corrected chi connectivity index (χ0v) is 39.9. The smallest absolute Gasteiger partial charge is 0.179 e. The Hall–Kier alpha value is -6.79. The fraction of sp³-hybridized carbons (Fsp3) is 0.129. The molecule has 10 aromatic rings. The van der Waals surface area contributed by atoms with E-state index in [9.17, 15) is 0 Å². The van der Waals surface area contributed by atoms with Crippen molar-refractivity contribution in [2.45, 2.75) is 51.4 Å². The Kier molecular flexibility index (Phi) is 10.1. The summed E-state index contributed by atoms with van der Waals surface area (Å²) in [7, 11) is -5.54. The molecule has 9 aromatic carbocycles. The summed E-state index contributed by atoms with van der Waals surface area (Å²) in [5.74, 6) is 0. The van der Waals surface area contributed by atoms with Gasteiger partial charge in [0.05, 0.1) is 11.0 Å². The van der Waals surface area contributed by atoms with Gasteiger partial charge in [-0.2, -0.15) is 0 Å². The van der Waals surface area contributed by atoms with E-state index in [1.807, 2.05) is 0 Å². The number of aromatic nitrogens is 1. The highest BCUT2D eigenvalue weighted by Crippen LogP contribution is 2.45. The van der Waals surface area contributed by atoms with Crippen LogP contribution in [0.2, 0.25) is 0 Å². The first kappa shape index (κ1) is 41.0. The topological polar surface area (TPSA) is 4.93 Å². The van der Waals surface area contributed by atoms with Crippen LogP contribution in [0.1, 0.15) is 51.7 Å². The van der Waals surface area contributed by atoms with Gasteiger partial charge in [-0.1, -0.05) is 240 Å². The minimum Gasteiger partial charge on any atom is -0.309 e. The van der Waals surface area contributed by atoms with Gasteiger partial charge in [0.2, 0.25) is 0 Å². The molecule has 0 aliphatic heterocycles. The van der Waals surface area contributed by atoms with E-state index in [1.54, 1.807) is 0 Å². The molecule has 0 bridgehead atoms. The number of fused-ring (bicyclic) bond motifs is 4. The van der Waals surface area contributed by atoms with Crippen LogP contribution in [0, 0.1) is 0 Å². The molecule has 1 aliphatic rings. The highest BCUT2D eigenvalue weighted by atomic mass is 28.3. The molecular weight excluding hydrogens is 815 g/mol. The van der Waals surface area contributed by atoms with Crippen LogP contribution >= 0.6 is 0 Å². The Labute approximate surface area is 386 Å². The van der Waals surface area contributed by atoms with Crippen LogP contribution in [0.3, 0.4) is 0 Å². The van der Waals surface area contributed by atoms with Crippen LogP contribution in [0.25, 0.3) is 27.5 Å². The molecule has 1 heterocycles. The number of nitrogens with zero attached hydrogens (tertiary/aromatic N) is 1. The molecule has 0 radical (unpaired) electrons. The summed E-state index contributed by atoms with van der Waals surface area (Å²) >= 11 is 0. The molecular formula is C62H55NSi2. The molecule has 0 atom stereocenters. The molecule has 0 amide bonds. The van der Waals surface area contributed by atoms with E-state index >= 15 is 0 Å². The zero-order chi connectivity index (χ0) is 44.2. The van der Waals surface area contributed by atoms with Gasteiger partial charge in [0.1, 0.15) is 0 Å². The number of rotatable bonds is 9. The lowest BCUT2D eigenvalue weighted by atomic mass is 9.63. The van der Waals surface area contributed by atoms with Crippen LogP contribution in [0.5, 0.6) is 0 Å². The SMILES string of the molecule is CC1(C)CCC(C)(C)c2cc([Si](c3ccccc3)(c3ccccc3)c3ccc(-n4c5ccccc5c5cc([Si](c6ccccc6)(c6ccccc6)c6ccccc6)ccc54)cc3)ccc21. The zero-order valence-electron chi connectivity index (χ0n) is 37.9. The maximum absolute atomic E-state index is 2.81. The Morgan fingerprint density at radius 1 is 0.308 bits per heavy atom. The molecule has 0 unspecified atom stereocenters. The molecule has 1 nitrogen and oxygen atoms in total. The fourth-order valence-electron chi connectivity index (χ4n) is 11.6. The maximum Gasteiger partial charge on any atom is 0.179 e. The average Bonchev–Trinajstić information content (AvgIpc) is 3.69. The third-order valence-electron chi connectivity index (χ3n) is 15.0. The standard InChI is InChI=1S/C62H55NSi2/c1-61(2)42-43-62(3,4)58-45-54(38-40-57(58)61)65(50-28-16-8-17-29-50,51-30-18-9-19-31-51)52-36-34-46(35-37-52)63-59-33-21-20-32-55(59)56-44-53(39-41-60(56)63)64(47-22-10-5-11-23-47,48-24-12-6-13-25-48)49-26-14-7-15-27-49/h5-41,44-45H,42-43H2,1-4H3. The molecule has 0 spiro atoms. The van der Waals surface area contributed by atoms with Gasteiger partial charge in [-0.05, 0) is 101 Å². The minimum absolute atomic E-state index is 0.0973.